The molecule has 11 heteroatoms. The number of carbonyl (C=O) groups excluding carboxylic acids is 1. The summed E-state index contributed by atoms with van der Waals surface area (Å²) in [6.45, 7) is 1.47. The number of nitro groups is 1. The van der Waals surface area contributed by atoms with Gasteiger partial charge in [-0.05, 0) is 43.3 Å². The predicted molar refractivity (Wildman–Crippen MR) is 105 cm³/mol. The van der Waals surface area contributed by atoms with E-state index in [1.54, 1.807) is 0 Å². The molecule has 0 unspecified atom stereocenters. The lowest BCUT2D eigenvalue weighted by Gasteiger charge is -2.14. The van der Waals surface area contributed by atoms with Crippen molar-refractivity contribution < 1.29 is 23.6 Å². The molecular formula is C19H14ClFN4O5. The molecule has 0 aliphatic carbocycles. The van der Waals surface area contributed by atoms with Gasteiger partial charge in [-0.25, -0.2) is 14.4 Å². The molecule has 3 rings (SSSR count). The molecule has 0 fully saturated rings. The Morgan fingerprint density at radius 2 is 1.93 bits per heavy atom. The van der Waals surface area contributed by atoms with E-state index in [1.165, 1.54) is 55.7 Å². The second-order valence-electron chi connectivity index (χ2n) is 5.89. The van der Waals surface area contributed by atoms with E-state index in [-0.39, 0.29) is 28.2 Å². The summed E-state index contributed by atoms with van der Waals surface area (Å²) in [4.78, 5) is 30.2. The Hall–Kier alpha value is -3.79. The Morgan fingerprint density at radius 3 is 2.60 bits per heavy atom. The van der Waals surface area contributed by atoms with Crippen molar-refractivity contribution in [3.05, 3.63) is 75.8 Å². The van der Waals surface area contributed by atoms with Gasteiger partial charge < -0.3 is 14.8 Å². The first-order valence-corrected chi connectivity index (χ1v) is 8.87. The van der Waals surface area contributed by atoms with E-state index in [2.05, 4.69) is 15.3 Å². The molecule has 1 N–H and O–H groups in total. The maximum atomic E-state index is 13.7. The minimum Gasteiger partial charge on any atom is -0.481 e. The van der Waals surface area contributed by atoms with Crippen LogP contribution in [0.4, 0.5) is 15.9 Å². The summed E-state index contributed by atoms with van der Waals surface area (Å²) < 4.78 is 24.6. The van der Waals surface area contributed by atoms with Gasteiger partial charge in [0.15, 0.2) is 11.9 Å². The minimum absolute atomic E-state index is 0.145. The summed E-state index contributed by atoms with van der Waals surface area (Å²) in [6.07, 6.45) is 1.60. The summed E-state index contributed by atoms with van der Waals surface area (Å²) in [5.41, 5.74) is -0.331. The number of amides is 1. The van der Waals surface area contributed by atoms with Crippen LogP contribution in [-0.2, 0) is 4.79 Å². The highest BCUT2D eigenvalue weighted by Crippen LogP contribution is 2.26. The van der Waals surface area contributed by atoms with Crippen molar-refractivity contribution in [3.63, 3.8) is 0 Å². The number of benzene rings is 1. The molecular weight excluding hydrogens is 419 g/mol. The Morgan fingerprint density at radius 1 is 1.23 bits per heavy atom. The predicted octanol–water partition coefficient (Wildman–Crippen LogP) is 4.38. The summed E-state index contributed by atoms with van der Waals surface area (Å²) >= 11 is 5.65. The monoisotopic (exact) mass is 432 g/mol. The first-order valence-electron chi connectivity index (χ1n) is 8.49. The first kappa shape index (κ1) is 20.9. The van der Waals surface area contributed by atoms with Crippen LogP contribution in [0.5, 0.6) is 17.4 Å². The highest BCUT2D eigenvalue weighted by Gasteiger charge is 2.21. The molecule has 0 spiro atoms. The summed E-state index contributed by atoms with van der Waals surface area (Å²) in [6, 6.07) is 9.71. The van der Waals surface area contributed by atoms with Crippen LogP contribution in [0.1, 0.15) is 6.92 Å². The van der Waals surface area contributed by atoms with E-state index < -0.39 is 22.8 Å². The van der Waals surface area contributed by atoms with E-state index in [9.17, 15) is 19.3 Å². The van der Waals surface area contributed by atoms with E-state index in [1.807, 2.05) is 0 Å². The first-order chi connectivity index (χ1) is 14.3. The van der Waals surface area contributed by atoms with Crippen molar-refractivity contribution in [2.45, 2.75) is 13.0 Å². The van der Waals surface area contributed by atoms with Gasteiger partial charge in [0.05, 0.1) is 9.95 Å². The Balaban J connectivity index is 1.62. The number of nitrogens with zero attached hydrogens (tertiary/aromatic N) is 3. The lowest BCUT2D eigenvalue weighted by atomic mass is 10.3. The lowest BCUT2D eigenvalue weighted by molar-refractivity contribution is -0.384. The molecule has 1 aromatic carbocycles. The summed E-state index contributed by atoms with van der Waals surface area (Å²) in [7, 11) is 0. The number of nitrogens with one attached hydrogen (secondary N) is 1. The maximum absolute atomic E-state index is 13.7. The van der Waals surface area contributed by atoms with Crippen LogP contribution in [0.15, 0.2) is 54.9 Å². The molecule has 0 radical (unpaired) electrons. The number of aromatic nitrogens is 2. The van der Waals surface area contributed by atoms with Gasteiger partial charge in [-0.15, -0.1) is 0 Å². The Bertz CT molecular complexity index is 1080. The van der Waals surface area contributed by atoms with Gasteiger partial charge in [-0.1, -0.05) is 11.6 Å². The van der Waals surface area contributed by atoms with Crippen LogP contribution in [-0.4, -0.2) is 26.9 Å². The fourth-order valence-corrected chi connectivity index (χ4v) is 2.44. The highest BCUT2D eigenvalue weighted by atomic mass is 35.5. The summed E-state index contributed by atoms with van der Waals surface area (Å²) in [5.74, 6) is -1.13. The molecule has 9 nitrogen and oxygen atoms in total. The smallest absolute Gasteiger partial charge is 0.311 e. The second-order valence-corrected chi connectivity index (χ2v) is 6.33. The van der Waals surface area contributed by atoms with Crippen molar-refractivity contribution >= 4 is 29.0 Å². The zero-order valence-corrected chi connectivity index (χ0v) is 16.2. The number of anilines is 1. The number of hydrogen-bond donors (Lipinski definition) is 1. The van der Waals surface area contributed by atoms with E-state index in [0.29, 0.717) is 5.75 Å². The van der Waals surface area contributed by atoms with Crippen molar-refractivity contribution in [1.29, 1.82) is 0 Å². The van der Waals surface area contributed by atoms with Gasteiger partial charge in [-0.3, -0.25) is 14.9 Å². The second kappa shape index (κ2) is 9.14. The molecule has 1 atom stereocenters. The molecule has 154 valence electrons. The molecule has 0 saturated heterocycles. The third-order valence-corrected chi connectivity index (χ3v) is 3.93. The molecule has 1 amide bonds. The van der Waals surface area contributed by atoms with E-state index in [0.717, 1.165) is 6.07 Å². The molecule has 0 aliphatic heterocycles. The standard InChI is InChI=1S/C19H14ClFN4O5/c1-11(18(26)24-17-16(25(27)28)3-2-8-22-17)29-13-4-6-14(7-5-13)30-19-15(21)9-12(20)10-23-19/h2-11H,1H3,(H,22,24,26)/t11-/m1/s1. The Labute approximate surface area is 174 Å². The number of carbonyl (C=O) groups is 1. The van der Waals surface area contributed by atoms with Crippen LogP contribution < -0.4 is 14.8 Å². The largest absolute Gasteiger partial charge is 0.481 e. The zero-order valence-electron chi connectivity index (χ0n) is 15.4. The normalized spacial score (nSPS) is 11.4. The average molecular weight is 433 g/mol. The minimum atomic E-state index is -0.978. The number of ether oxygens (including phenoxy) is 2. The van der Waals surface area contributed by atoms with E-state index >= 15 is 0 Å². The van der Waals surface area contributed by atoms with E-state index in [4.69, 9.17) is 21.1 Å². The lowest BCUT2D eigenvalue weighted by Crippen LogP contribution is -2.30. The molecule has 0 saturated carbocycles. The van der Waals surface area contributed by atoms with Crippen molar-refractivity contribution in [3.8, 4) is 17.4 Å². The van der Waals surface area contributed by atoms with Gasteiger partial charge in [0, 0.05) is 18.5 Å². The molecule has 0 bridgehead atoms. The molecule has 0 aliphatic rings. The fraction of sp³-hybridized carbons (Fsp3) is 0.105. The Kier molecular flexibility index (Phi) is 6.38. The molecule has 3 aromatic rings. The number of halogens is 2. The molecule has 2 aromatic heterocycles. The number of hydrogen-bond acceptors (Lipinski definition) is 7. The van der Waals surface area contributed by atoms with Gasteiger partial charge >= 0.3 is 5.69 Å². The average Bonchev–Trinajstić information content (AvgIpc) is 2.71. The topological polar surface area (TPSA) is 116 Å². The van der Waals surface area contributed by atoms with Crippen molar-refractivity contribution in [1.82, 2.24) is 9.97 Å². The van der Waals surface area contributed by atoms with Crippen LogP contribution in [0.2, 0.25) is 5.02 Å². The van der Waals surface area contributed by atoms with Gasteiger partial charge in [0.1, 0.15) is 11.5 Å². The van der Waals surface area contributed by atoms with Crippen LogP contribution >= 0.6 is 11.6 Å². The third kappa shape index (κ3) is 5.17. The quantitative estimate of drug-likeness (QED) is 0.435. The molecule has 2 heterocycles. The van der Waals surface area contributed by atoms with Crippen molar-refractivity contribution in [2.75, 3.05) is 5.32 Å². The van der Waals surface area contributed by atoms with Crippen LogP contribution in [0, 0.1) is 15.9 Å². The highest BCUT2D eigenvalue weighted by molar-refractivity contribution is 6.30. The summed E-state index contributed by atoms with van der Waals surface area (Å²) in [5, 5.41) is 13.5. The zero-order chi connectivity index (χ0) is 21.7. The van der Waals surface area contributed by atoms with Gasteiger partial charge in [0.2, 0.25) is 5.82 Å². The number of rotatable bonds is 7. The van der Waals surface area contributed by atoms with Crippen LogP contribution in [0.3, 0.4) is 0 Å². The fourth-order valence-electron chi connectivity index (χ4n) is 2.29. The number of pyridine rings is 2. The van der Waals surface area contributed by atoms with Crippen molar-refractivity contribution in [2.24, 2.45) is 0 Å². The SMILES string of the molecule is C[C@@H](Oc1ccc(Oc2ncc(Cl)cc2F)cc1)C(=O)Nc1ncccc1[N+](=O)[O-]. The molecule has 30 heavy (non-hydrogen) atoms. The van der Waals surface area contributed by atoms with Gasteiger partial charge in [0.25, 0.3) is 11.8 Å². The van der Waals surface area contributed by atoms with Crippen LogP contribution in [0.25, 0.3) is 0 Å². The third-order valence-electron chi connectivity index (χ3n) is 3.72. The van der Waals surface area contributed by atoms with Gasteiger partial charge in [-0.2, -0.15) is 0 Å². The maximum Gasteiger partial charge on any atom is 0.311 e.